The molecule has 17 heavy (non-hydrogen) atoms. The molecule has 3 nitrogen and oxygen atoms in total. The molecule has 1 atom stereocenters. The molecule has 0 unspecified atom stereocenters. The third kappa shape index (κ3) is 2.46. The first-order valence-corrected chi connectivity index (χ1v) is 5.94. The third-order valence-electron chi connectivity index (χ3n) is 2.54. The number of hydrogen-bond acceptors (Lipinski definition) is 2. The molecule has 0 aliphatic carbocycles. The third-order valence-corrected chi connectivity index (χ3v) is 3.21. The van der Waals surface area contributed by atoms with Crippen LogP contribution in [0.1, 0.15) is 24.3 Å². The van der Waals surface area contributed by atoms with Gasteiger partial charge in [0.2, 0.25) is 0 Å². The smallest absolute Gasteiger partial charge is 0.0832 e. The largest absolute Gasteiger partial charge is 0.389 e. The summed E-state index contributed by atoms with van der Waals surface area (Å²) in [7, 11) is 0. The van der Waals surface area contributed by atoms with Gasteiger partial charge in [-0.05, 0) is 31.5 Å². The molecule has 0 aliphatic heterocycles. The monoisotopic (exact) mass is 270 g/mol. The van der Waals surface area contributed by atoms with Gasteiger partial charge in [0, 0.05) is 6.20 Å². The Balaban J connectivity index is 2.46. The fraction of sp³-hybridized carbons (Fsp3) is 0.250. The number of halogens is 2. The van der Waals surface area contributed by atoms with Gasteiger partial charge in [-0.2, -0.15) is 5.10 Å². The summed E-state index contributed by atoms with van der Waals surface area (Å²) in [6, 6.07) is 5.36. The summed E-state index contributed by atoms with van der Waals surface area (Å²) in [5.41, 5.74) is 2.27. The van der Waals surface area contributed by atoms with E-state index in [0.717, 1.165) is 16.9 Å². The molecular formula is C12H12Cl2N2O. The lowest BCUT2D eigenvalue weighted by molar-refractivity contribution is 0.199. The Morgan fingerprint density at radius 1 is 1.29 bits per heavy atom. The van der Waals surface area contributed by atoms with E-state index in [1.807, 2.05) is 19.1 Å². The van der Waals surface area contributed by atoms with Crippen LogP contribution in [0.15, 0.2) is 24.4 Å². The van der Waals surface area contributed by atoms with E-state index < -0.39 is 6.10 Å². The lowest BCUT2D eigenvalue weighted by atomic mass is 10.1. The van der Waals surface area contributed by atoms with Crippen LogP contribution in [0, 0.1) is 6.92 Å². The van der Waals surface area contributed by atoms with Crippen LogP contribution in [0.3, 0.4) is 0 Å². The number of aryl methyl sites for hydroxylation is 1. The summed E-state index contributed by atoms with van der Waals surface area (Å²) < 4.78 is 1.63. The number of aliphatic hydroxyl groups excluding tert-OH is 1. The molecule has 0 aliphatic rings. The number of aromatic nitrogens is 2. The van der Waals surface area contributed by atoms with Crippen molar-refractivity contribution >= 4 is 23.2 Å². The predicted octanol–water partition coefficient (Wildman–Crippen LogP) is 3.54. The highest BCUT2D eigenvalue weighted by molar-refractivity contribution is 6.32. The van der Waals surface area contributed by atoms with E-state index in [2.05, 4.69) is 5.10 Å². The highest BCUT2D eigenvalue weighted by Crippen LogP contribution is 2.26. The van der Waals surface area contributed by atoms with Gasteiger partial charge >= 0.3 is 0 Å². The van der Waals surface area contributed by atoms with Gasteiger partial charge in [0.15, 0.2) is 0 Å². The van der Waals surface area contributed by atoms with E-state index in [-0.39, 0.29) is 0 Å². The van der Waals surface area contributed by atoms with Gasteiger partial charge in [-0.3, -0.25) is 0 Å². The molecule has 2 aromatic rings. The molecule has 0 radical (unpaired) electrons. The van der Waals surface area contributed by atoms with Gasteiger partial charge in [0.1, 0.15) is 0 Å². The molecule has 1 heterocycles. The zero-order valence-corrected chi connectivity index (χ0v) is 11.0. The van der Waals surface area contributed by atoms with Crippen molar-refractivity contribution < 1.29 is 5.11 Å². The van der Waals surface area contributed by atoms with Crippen LogP contribution in [-0.4, -0.2) is 14.9 Å². The first kappa shape index (κ1) is 12.4. The maximum absolute atomic E-state index is 9.46. The Morgan fingerprint density at radius 2 is 2.00 bits per heavy atom. The van der Waals surface area contributed by atoms with E-state index >= 15 is 0 Å². The molecule has 5 heteroatoms. The molecule has 1 aromatic carbocycles. The molecule has 0 spiro atoms. The second-order valence-corrected chi connectivity index (χ2v) is 4.71. The van der Waals surface area contributed by atoms with Crippen molar-refractivity contribution in [2.24, 2.45) is 0 Å². The minimum Gasteiger partial charge on any atom is -0.389 e. The number of aliphatic hydroxyl groups is 1. The second-order valence-electron chi connectivity index (χ2n) is 3.89. The van der Waals surface area contributed by atoms with Crippen LogP contribution in [0.4, 0.5) is 0 Å². The minimum atomic E-state index is -0.538. The van der Waals surface area contributed by atoms with E-state index in [9.17, 15) is 5.11 Å². The van der Waals surface area contributed by atoms with Crippen LogP contribution in [-0.2, 0) is 0 Å². The Hall–Kier alpha value is -1.03. The summed E-state index contributed by atoms with van der Waals surface area (Å²) in [5.74, 6) is 0. The average molecular weight is 271 g/mol. The average Bonchev–Trinajstić information content (AvgIpc) is 2.58. The van der Waals surface area contributed by atoms with Crippen molar-refractivity contribution in [3.05, 3.63) is 45.7 Å². The van der Waals surface area contributed by atoms with Crippen molar-refractivity contribution in [3.8, 4) is 5.69 Å². The number of rotatable bonds is 2. The van der Waals surface area contributed by atoms with E-state index in [1.165, 1.54) is 0 Å². The van der Waals surface area contributed by atoms with Crippen molar-refractivity contribution in [3.63, 3.8) is 0 Å². The number of nitrogens with zero attached hydrogens (tertiary/aromatic N) is 2. The molecule has 1 N–H and O–H groups in total. The van der Waals surface area contributed by atoms with Crippen LogP contribution < -0.4 is 0 Å². The maximum Gasteiger partial charge on any atom is 0.0832 e. The van der Waals surface area contributed by atoms with Gasteiger partial charge in [0.05, 0.1) is 27.5 Å². The highest BCUT2D eigenvalue weighted by Gasteiger charge is 2.09. The van der Waals surface area contributed by atoms with Crippen molar-refractivity contribution in [1.82, 2.24) is 9.78 Å². The lowest BCUT2D eigenvalue weighted by Gasteiger charge is -2.08. The molecule has 0 amide bonds. The first-order valence-electron chi connectivity index (χ1n) is 5.18. The van der Waals surface area contributed by atoms with E-state index in [1.54, 1.807) is 23.9 Å². The van der Waals surface area contributed by atoms with Crippen LogP contribution >= 0.6 is 23.2 Å². The Morgan fingerprint density at radius 3 is 2.47 bits per heavy atom. The van der Waals surface area contributed by atoms with Gasteiger partial charge < -0.3 is 5.11 Å². The van der Waals surface area contributed by atoms with Crippen molar-refractivity contribution in [2.45, 2.75) is 20.0 Å². The van der Waals surface area contributed by atoms with E-state index in [4.69, 9.17) is 23.2 Å². The van der Waals surface area contributed by atoms with Crippen LogP contribution in [0.25, 0.3) is 5.69 Å². The Labute approximate surface area is 110 Å². The summed E-state index contributed by atoms with van der Waals surface area (Å²) >= 11 is 12.1. The molecular weight excluding hydrogens is 259 g/mol. The van der Waals surface area contributed by atoms with Crippen molar-refractivity contribution in [1.29, 1.82) is 0 Å². The molecule has 0 fully saturated rings. The SMILES string of the molecule is Cc1nn(-c2ccc([C@@H](C)O)cc2Cl)cc1Cl. The fourth-order valence-corrected chi connectivity index (χ4v) is 1.94. The van der Waals surface area contributed by atoms with Crippen molar-refractivity contribution in [2.75, 3.05) is 0 Å². The summed E-state index contributed by atoms with van der Waals surface area (Å²) in [4.78, 5) is 0. The second kappa shape index (κ2) is 4.69. The van der Waals surface area contributed by atoms with Gasteiger partial charge in [-0.15, -0.1) is 0 Å². The quantitative estimate of drug-likeness (QED) is 0.907. The van der Waals surface area contributed by atoms with Gasteiger partial charge in [-0.1, -0.05) is 29.3 Å². The summed E-state index contributed by atoms with van der Waals surface area (Å²) in [5, 5.41) is 14.8. The molecule has 0 bridgehead atoms. The predicted molar refractivity (Wildman–Crippen MR) is 69.0 cm³/mol. The highest BCUT2D eigenvalue weighted by atomic mass is 35.5. The zero-order valence-electron chi connectivity index (χ0n) is 9.48. The maximum atomic E-state index is 9.46. The summed E-state index contributed by atoms with van der Waals surface area (Å²) in [6.07, 6.45) is 1.17. The number of hydrogen-bond donors (Lipinski definition) is 1. The lowest BCUT2D eigenvalue weighted by Crippen LogP contribution is -1.98. The molecule has 1 aromatic heterocycles. The fourth-order valence-electron chi connectivity index (χ4n) is 1.53. The molecule has 90 valence electrons. The van der Waals surface area contributed by atoms with Crippen LogP contribution in [0.2, 0.25) is 10.0 Å². The van der Waals surface area contributed by atoms with Crippen LogP contribution in [0.5, 0.6) is 0 Å². The molecule has 2 rings (SSSR count). The first-order chi connectivity index (χ1) is 7.99. The summed E-state index contributed by atoms with van der Waals surface area (Å²) in [6.45, 7) is 3.52. The molecule has 0 saturated carbocycles. The minimum absolute atomic E-state index is 0.530. The van der Waals surface area contributed by atoms with E-state index in [0.29, 0.717) is 10.0 Å². The normalized spacial score (nSPS) is 12.8. The Bertz CT molecular complexity index is 530. The van der Waals surface area contributed by atoms with Gasteiger partial charge in [0.25, 0.3) is 0 Å². The Kier molecular flexibility index (Phi) is 3.43. The number of benzene rings is 1. The molecule has 0 saturated heterocycles. The standard InChI is InChI=1S/C12H12Cl2N2O/c1-7-11(14)6-16(15-7)12-4-3-9(8(2)17)5-10(12)13/h3-6,8,17H,1-2H3/t8-/m1/s1. The van der Waals surface area contributed by atoms with Gasteiger partial charge in [-0.25, -0.2) is 4.68 Å². The zero-order chi connectivity index (χ0) is 12.6. The topological polar surface area (TPSA) is 38.0 Å².